The first-order valence-electron chi connectivity index (χ1n) is 7.15. The zero-order valence-corrected chi connectivity index (χ0v) is 13.2. The van der Waals surface area contributed by atoms with Crippen LogP contribution in [0.2, 0.25) is 0 Å². The smallest absolute Gasteiger partial charge is 0.258 e. The van der Waals surface area contributed by atoms with Gasteiger partial charge in [0.15, 0.2) is 22.2 Å². The number of carbonyl (C=O) groups excluding carboxylic acids is 2. The van der Waals surface area contributed by atoms with Crippen molar-refractivity contribution in [2.75, 3.05) is 18.1 Å². The average Bonchev–Trinajstić information content (AvgIpc) is 2.83. The Morgan fingerprint density at radius 2 is 1.95 bits per heavy atom. The molecule has 1 amide bonds. The van der Waals surface area contributed by atoms with Gasteiger partial charge in [-0.3, -0.25) is 9.59 Å². The predicted octanol–water partition coefficient (Wildman–Crippen LogP) is 0.961. The highest BCUT2D eigenvalue weighted by Gasteiger charge is 2.28. The van der Waals surface area contributed by atoms with E-state index in [1.807, 2.05) is 0 Å². The fraction of sp³-hybridized carbons (Fsp3) is 0.467. The number of ketones is 1. The Hall–Kier alpha value is -1.89. The third kappa shape index (κ3) is 4.56. The van der Waals surface area contributed by atoms with Gasteiger partial charge in [-0.1, -0.05) is 6.92 Å². The van der Waals surface area contributed by atoms with E-state index >= 15 is 0 Å². The van der Waals surface area contributed by atoms with Crippen LogP contribution in [0.4, 0.5) is 0 Å². The van der Waals surface area contributed by atoms with Gasteiger partial charge in [0.05, 0.1) is 11.5 Å². The van der Waals surface area contributed by atoms with Gasteiger partial charge in [0.1, 0.15) is 5.75 Å². The average molecular weight is 325 g/mol. The summed E-state index contributed by atoms with van der Waals surface area (Å²) in [7, 11) is -3.01. The molecule has 1 aliphatic rings. The molecule has 1 aromatic rings. The molecule has 120 valence electrons. The van der Waals surface area contributed by atoms with Crippen molar-refractivity contribution < 1.29 is 22.7 Å². The van der Waals surface area contributed by atoms with Crippen molar-refractivity contribution >= 4 is 21.5 Å². The highest BCUT2D eigenvalue weighted by Crippen LogP contribution is 2.14. The summed E-state index contributed by atoms with van der Waals surface area (Å²) in [6.45, 7) is 1.61. The SMILES string of the molecule is CCC(=O)c1ccc(OCC(=O)N[C@@H]2CCS(=O)(=O)C2)cc1. The summed E-state index contributed by atoms with van der Waals surface area (Å²) in [6.07, 6.45) is 0.884. The second-order valence-electron chi connectivity index (χ2n) is 5.26. The molecule has 1 aromatic carbocycles. The number of carbonyl (C=O) groups is 2. The van der Waals surface area contributed by atoms with Crippen LogP contribution in [-0.2, 0) is 14.6 Å². The van der Waals surface area contributed by atoms with E-state index in [1.54, 1.807) is 31.2 Å². The zero-order chi connectivity index (χ0) is 16.2. The van der Waals surface area contributed by atoms with Gasteiger partial charge in [0, 0.05) is 18.0 Å². The third-order valence-corrected chi connectivity index (χ3v) is 5.23. The first kappa shape index (κ1) is 16.5. The van der Waals surface area contributed by atoms with E-state index in [-0.39, 0.29) is 35.8 Å². The van der Waals surface area contributed by atoms with E-state index in [9.17, 15) is 18.0 Å². The molecule has 1 atom stereocenters. The number of hydrogen-bond acceptors (Lipinski definition) is 5. The molecule has 1 fully saturated rings. The van der Waals surface area contributed by atoms with Crippen molar-refractivity contribution in [1.29, 1.82) is 0 Å². The van der Waals surface area contributed by atoms with Crippen LogP contribution in [0.5, 0.6) is 5.75 Å². The van der Waals surface area contributed by atoms with Crippen molar-refractivity contribution in [3.05, 3.63) is 29.8 Å². The standard InChI is InChI=1S/C15H19NO5S/c1-2-14(17)11-3-5-13(6-4-11)21-9-15(18)16-12-7-8-22(19,20)10-12/h3-6,12H,2,7-10H2,1H3,(H,16,18)/t12-/m1/s1. The molecular formula is C15H19NO5S. The van der Waals surface area contributed by atoms with Crippen LogP contribution in [0.15, 0.2) is 24.3 Å². The molecular weight excluding hydrogens is 306 g/mol. The molecule has 1 N–H and O–H groups in total. The summed E-state index contributed by atoms with van der Waals surface area (Å²) >= 11 is 0. The lowest BCUT2D eigenvalue weighted by Crippen LogP contribution is -2.38. The van der Waals surface area contributed by atoms with Crippen LogP contribution < -0.4 is 10.1 Å². The van der Waals surface area contributed by atoms with Gasteiger partial charge < -0.3 is 10.1 Å². The molecule has 0 bridgehead atoms. The first-order valence-corrected chi connectivity index (χ1v) is 8.97. The summed E-state index contributed by atoms with van der Waals surface area (Å²) in [5, 5.41) is 2.65. The Balaban J connectivity index is 1.80. The van der Waals surface area contributed by atoms with E-state index in [0.29, 0.717) is 24.2 Å². The summed E-state index contributed by atoms with van der Waals surface area (Å²) in [4.78, 5) is 23.2. The number of nitrogens with one attached hydrogen (secondary N) is 1. The second kappa shape index (κ2) is 6.91. The van der Waals surface area contributed by atoms with E-state index in [0.717, 1.165) is 0 Å². The Morgan fingerprint density at radius 1 is 1.27 bits per heavy atom. The molecule has 1 saturated heterocycles. The molecule has 7 heteroatoms. The van der Waals surface area contributed by atoms with Gasteiger partial charge in [0.2, 0.25) is 0 Å². The molecule has 0 saturated carbocycles. The molecule has 0 unspecified atom stereocenters. The molecule has 1 aliphatic heterocycles. The highest BCUT2D eigenvalue weighted by atomic mass is 32.2. The van der Waals surface area contributed by atoms with Crippen LogP contribution >= 0.6 is 0 Å². The van der Waals surface area contributed by atoms with E-state index < -0.39 is 9.84 Å². The van der Waals surface area contributed by atoms with Gasteiger partial charge in [-0.05, 0) is 30.7 Å². The lowest BCUT2D eigenvalue weighted by atomic mass is 10.1. The fourth-order valence-electron chi connectivity index (χ4n) is 2.27. The van der Waals surface area contributed by atoms with Crippen molar-refractivity contribution in [2.24, 2.45) is 0 Å². The normalized spacial score (nSPS) is 19.6. The van der Waals surface area contributed by atoms with Crippen LogP contribution in [0.1, 0.15) is 30.1 Å². The van der Waals surface area contributed by atoms with Gasteiger partial charge >= 0.3 is 0 Å². The topological polar surface area (TPSA) is 89.5 Å². The third-order valence-electron chi connectivity index (χ3n) is 3.46. The summed E-state index contributed by atoms with van der Waals surface area (Å²) in [6, 6.07) is 6.25. The fourth-order valence-corrected chi connectivity index (χ4v) is 3.94. The summed E-state index contributed by atoms with van der Waals surface area (Å²) < 4.78 is 27.9. The Labute approximate surface area is 129 Å². The molecule has 2 rings (SSSR count). The van der Waals surface area contributed by atoms with Gasteiger partial charge in [0.25, 0.3) is 5.91 Å². The Kier molecular flexibility index (Phi) is 5.18. The quantitative estimate of drug-likeness (QED) is 0.787. The minimum absolute atomic E-state index is 0.00737. The van der Waals surface area contributed by atoms with E-state index in [1.165, 1.54) is 0 Å². The number of amides is 1. The maximum atomic E-state index is 11.7. The van der Waals surface area contributed by atoms with Gasteiger partial charge in [-0.25, -0.2) is 8.42 Å². The van der Waals surface area contributed by atoms with Crippen molar-refractivity contribution in [1.82, 2.24) is 5.32 Å². The largest absolute Gasteiger partial charge is 0.484 e. The van der Waals surface area contributed by atoms with Crippen LogP contribution in [-0.4, -0.2) is 44.3 Å². The monoisotopic (exact) mass is 325 g/mol. The molecule has 1 heterocycles. The van der Waals surface area contributed by atoms with Crippen LogP contribution in [0.25, 0.3) is 0 Å². The molecule has 0 spiro atoms. The number of benzene rings is 1. The minimum Gasteiger partial charge on any atom is -0.484 e. The number of sulfone groups is 1. The number of Topliss-reactive ketones (excluding diaryl/α,β-unsaturated/α-hetero) is 1. The maximum Gasteiger partial charge on any atom is 0.258 e. The van der Waals surface area contributed by atoms with Crippen LogP contribution in [0, 0.1) is 0 Å². The second-order valence-corrected chi connectivity index (χ2v) is 7.49. The first-order chi connectivity index (χ1) is 10.4. The Bertz CT molecular complexity index is 651. The van der Waals surface area contributed by atoms with Crippen LogP contribution in [0.3, 0.4) is 0 Å². The van der Waals surface area contributed by atoms with Gasteiger partial charge in [-0.15, -0.1) is 0 Å². The van der Waals surface area contributed by atoms with Crippen molar-refractivity contribution in [3.63, 3.8) is 0 Å². The molecule has 0 radical (unpaired) electrons. The number of hydrogen-bond donors (Lipinski definition) is 1. The van der Waals surface area contributed by atoms with Gasteiger partial charge in [-0.2, -0.15) is 0 Å². The zero-order valence-electron chi connectivity index (χ0n) is 12.4. The molecule has 0 aliphatic carbocycles. The minimum atomic E-state index is -3.01. The lowest BCUT2D eigenvalue weighted by Gasteiger charge is -2.11. The number of ether oxygens (including phenoxy) is 1. The van der Waals surface area contributed by atoms with Crippen molar-refractivity contribution in [3.8, 4) is 5.75 Å². The predicted molar refractivity (Wildman–Crippen MR) is 81.8 cm³/mol. The highest BCUT2D eigenvalue weighted by molar-refractivity contribution is 7.91. The molecule has 6 nitrogen and oxygen atoms in total. The Morgan fingerprint density at radius 3 is 2.50 bits per heavy atom. The van der Waals surface area contributed by atoms with Crippen molar-refractivity contribution in [2.45, 2.75) is 25.8 Å². The maximum absolute atomic E-state index is 11.7. The molecule has 0 aromatic heterocycles. The molecule has 22 heavy (non-hydrogen) atoms. The summed E-state index contributed by atoms with van der Waals surface area (Å²) in [5.74, 6) is 0.294. The lowest BCUT2D eigenvalue weighted by molar-refractivity contribution is -0.123. The summed E-state index contributed by atoms with van der Waals surface area (Å²) in [5.41, 5.74) is 0.607. The van der Waals surface area contributed by atoms with E-state index in [2.05, 4.69) is 5.32 Å². The van der Waals surface area contributed by atoms with E-state index in [4.69, 9.17) is 4.74 Å². The number of rotatable bonds is 6.